The predicted octanol–water partition coefficient (Wildman–Crippen LogP) is 12.4. The van der Waals surface area contributed by atoms with Crippen LogP contribution >= 0.6 is 9.24 Å². The van der Waals surface area contributed by atoms with E-state index in [9.17, 15) is 0 Å². The Hall–Kier alpha value is 0.430. The van der Waals surface area contributed by atoms with Crippen molar-refractivity contribution < 1.29 is 0 Å². The summed E-state index contributed by atoms with van der Waals surface area (Å²) in [4.78, 5) is 0. The van der Waals surface area contributed by atoms with Gasteiger partial charge in [0.25, 0.3) is 0 Å². The minimum atomic E-state index is 0.473. The van der Waals surface area contributed by atoms with Crippen molar-refractivity contribution in [1.29, 1.82) is 0 Å². The van der Waals surface area contributed by atoms with Crippen LogP contribution in [0.5, 0.6) is 0 Å². The van der Waals surface area contributed by atoms with Crippen LogP contribution in [0, 0.1) is 5.41 Å². The Labute approximate surface area is 214 Å². The van der Waals surface area contributed by atoms with E-state index in [4.69, 9.17) is 0 Å². The molecule has 0 amide bonds. The van der Waals surface area contributed by atoms with Gasteiger partial charge in [-0.3, -0.25) is 0 Å². The van der Waals surface area contributed by atoms with E-state index in [-0.39, 0.29) is 0 Å². The lowest BCUT2D eigenvalue weighted by Gasteiger charge is -2.51. The van der Waals surface area contributed by atoms with E-state index in [0.717, 1.165) is 0 Å². The summed E-state index contributed by atoms with van der Waals surface area (Å²) in [5, 5.41) is 0.473. The van der Waals surface area contributed by atoms with Crippen molar-refractivity contribution in [2.75, 3.05) is 0 Å². The first-order chi connectivity index (χ1) is 16.1. The van der Waals surface area contributed by atoms with Gasteiger partial charge in [0.2, 0.25) is 0 Å². The van der Waals surface area contributed by atoms with Crippen LogP contribution < -0.4 is 0 Å². The van der Waals surface area contributed by atoms with E-state index in [1.54, 1.807) is 0 Å². The van der Waals surface area contributed by atoms with Crippen molar-refractivity contribution in [2.24, 2.45) is 5.41 Å². The Morgan fingerprint density at radius 1 is 0.333 bits per heavy atom. The molecule has 0 radical (unpaired) electrons. The summed E-state index contributed by atoms with van der Waals surface area (Å²) in [6, 6.07) is 0. The molecule has 0 saturated carbocycles. The van der Waals surface area contributed by atoms with Crippen LogP contribution in [0.15, 0.2) is 0 Å². The third-order valence-electron chi connectivity index (χ3n) is 8.54. The number of hydrogen-bond acceptors (Lipinski definition) is 0. The molecular weight excluding hydrogens is 415 g/mol. The van der Waals surface area contributed by atoms with Crippen LogP contribution in [0.2, 0.25) is 0 Å². The maximum Gasteiger partial charge on any atom is -0.00939 e. The Balaban J connectivity index is 4.75. The maximum absolute atomic E-state index is 3.52. The van der Waals surface area contributed by atoms with Gasteiger partial charge in [-0.25, -0.2) is 0 Å². The molecule has 0 aliphatic carbocycles. The predicted molar refractivity (Wildman–Crippen MR) is 159 cm³/mol. The monoisotopic (exact) mass is 482 g/mol. The van der Waals surface area contributed by atoms with Crippen molar-refractivity contribution >= 4 is 9.24 Å². The second-order valence-corrected chi connectivity index (χ2v) is 12.6. The van der Waals surface area contributed by atoms with E-state index in [2.05, 4.69) is 43.9 Å². The van der Waals surface area contributed by atoms with E-state index in [0.29, 0.717) is 10.6 Å². The average Bonchev–Trinajstić information content (AvgIpc) is 2.83. The molecule has 0 aromatic rings. The molecule has 0 bridgehead atoms. The minimum Gasteiger partial charge on any atom is -0.131 e. The summed E-state index contributed by atoms with van der Waals surface area (Å²) in [7, 11) is 3.52. The van der Waals surface area contributed by atoms with Gasteiger partial charge >= 0.3 is 0 Å². The average molecular weight is 483 g/mol. The molecule has 200 valence electrons. The standard InChI is InChI=1S/C32H67P/c1-6-11-16-17-18-19-20-21-22-23-24-25-28-31(26-12-7-2,27-13-8-3)32(33,29-14-9-4)30-15-10-5/h6-30,33H2,1-5H3. The number of hydrogen-bond donors (Lipinski definition) is 0. The molecule has 0 rings (SSSR count). The normalized spacial score (nSPS) is 12.5. The van der Waals surface area contributed by atoms with Gasteiger partial charge in [0, 0.05) is 0 Å². The Kier molecular flexibility index (Phi) is 23.2. The van der Waals surface area contributed by atoms with Crippen molar-refractivity contribution in [3.8, 4) is 0 Å². The third-order valence-corrected chi connectivity index (χ3v) is 9.73. The first kappa shape index (κ1) is 33.4. The molecule has 1 atom stereocenters. The van der Waals surface area contributed by atoms with E-state index < -0.39 is 0 Å². The zero-order valence-corrected chi connectivity index (χ0v) is 25.4. The smallest absolute Gasteiger partial charge is 0.00939 e. The van der Waals surface area contributed by atoms with Gasteiger partial charge in [0.05, 0.1) is 0 Å². The molecule has 0 N–H and O–H groups in total. The van der Waals surface area contributed by atoms with Gasteiger partial charge in [-0.2, -0.15) is 0 Å². The zero-order valence-electron chi connectivity index (χ0n) is 24.3. The second-order valence-electron chi connectivity index (χ2n) is 11.5. The molecule has 0 heterocycles. The highest BCUT2D eigenvalue weighted by molar-refractivity contribution is 7.19. The minimum absolute atomic E-state index is 0.473. The highest BCUT2D eigenvalue weighted by Gasteiger charge is 2.45. The highest BCUT2D eigenvalue weighted by atomic mass is 31.0. The fraction of sp³-hybridized carbons (Fsp3) is 1.00. The largest absolute Gasteiger partial charge is 0.131 e. The lowest BCUT2D eigenvalue weighted by atomic mass is 9.62. The van der Waals surface area contributed by atoms with Gasteiger partial charge in [-0.05, 0) is 42.7 Å². The SMILES string of the molecule is CCCCCCCCCCCCCCC(CCCC)(CCCC)C(P)(CCCC)CCCC. The molecule has 0 aliphatic heterocycles. The van der Waals surface area contributed by atoms with Crippen LogP contribution in [0.1, 0.15) is 195 Å². The van der Waals surface area contributed by atoms with Gasteiger partial charge in [-0.1, -0.05) is 163 Å². The maximum atomic E-state index is 3.52. The summed E-state index contributed by atoms with van der Waals surface area (Å²) >= 11 is 0. The molecular formula is C32H67P. The summed E-state index contributed by atoms with van der Waals surface area (Å²) < 4.78 is 0. The molecule has 0 nitrogen and oxygen atoms in total. The van der Waals surface area contributed by atoms with E-state index in [1.807, 2.05) is 0 Å². The molecule has 0 aliphatic rings. The topological polar surface area (TPSA) is 0 Å². The molecule has 1 unspecified atom stereocenters. The Morgan fingerprint density at radius 3 is 0.970 bits per heavy atom. The molecule has 0 aromatic heterocycles. The van der Waals surface area contributed by atoms with Gasteiger partial charge < -0.3 is 0 Å². The fourth-order valence-corrected chi connectivity index (χ4v) is 6.94. The lowest BCUT2D eigenvalue weighted by Crippen LogP contribution is -2.44. The quantitative estimate of drug-likeness (QED) is 0.0849. The van der Waals surface area contributed by atoms with Crippen molar-refractivity contribution in [3.05, 3.63) is 0 Å². The van der Waals surface area contributed by atoms with Crippen molar-refractivity contribution in [1.82, 2.24) is 0 Å². The van der Waals surface area contributed by atoms with Gasteiger partial charge in [0.15, 0.2) is 0 Å². The molecule has 0 spiro atoms. The number of rotatable bonds is 26. The summed E-state index contributed by atoms with van der Waals surface area (Å²) in [5.74, 6) is 0. The molecule has 0 saturated heterocycles. The molecule has 1 heteroatoms. The molecule has 0 aromatic carbocycles. The molecule has 33 heavy (non-hydrogen) atoms. The van der Waals surface area contributed by atoms with Crippen molar-refractivity contribution in [2.45, 2.75) is 200 Å². The van der Waals surface area contributed by atoms with E-state index in [1.165, 1.54) is 161 Å². The van der Waals surface area contributed by atoms with Crippen LogP contribution in [0.4, 0.5) is 0 Å². The van der Waals surface area contributed by atoms with Crippen LogP contribution in [-0.4, -0.2) is 5.16 Å². The van der Waals surface area contributed by atoms with Gasteiger partial charge in [-0.15, -0.1) is 9.24 Å². The van der Waals surface area contributed by atoms with Crippen LogP contribution in [0.3, 0.4) is 0 Å². The van der Waals surface area contributed by atoms with Gasteiger partial charge in [0.1, 0.15) is 0 Å². The lowest BCUT2D eigenvalue weighted by molar-refractivity contribution is 0.110. The second kappa shape index (κ2) is 22.9. The third kappa shape index (κ3) is 15.2. The highest BCUT2D eigenvalue weighted by Crippen LogP contribution is 2.55. The zero-order chi connectivity index (χ0) is 24.7. The first-order valence-electron chi connectivity index (χ1n) is 15.8. The summed E-state index contributed by atoms with van der Waals surface area (Å²) in [5.41, 5.74) is 0.562. The Morgan fingerprint density at radius 2 is 0.606 bits per heavy atom. The van der Waals surface area contributed by atoms with Crippen LogP contribution in [-0.2, 0) is 0 Å². The summed E-state index contributed by atoms with van der Waals surface area (Å²) in [6.45, 7) is 11.9. The van der Waals surface area contributed by atoms with E-state index >= 15 is 0 Å². The Bertz CT molecular complexity index is 372. The fourth-order valence-electron chi connectivity index (χ4n) is 6.10. The first-order valence-corrected chi connectivity index (χ1v) is 16.4. The van der Waals surface area contributed by atoms with Crippen LogP contribution in [0.25, 0.3) is 0 Å². The molecule has 0 fully saturated rings. The van der Waals surface area contributed by atoms with Crippen molar-refractivity contribution in [3.63, 3.8) is 0 Å². The number of unbranched alkanes of at least 4 members (excludes halogenated alkanes) is 15. The summed E-state index contributed by atoms with van der Waals surface area (Å²) in [6.07, 6.45) is 35.9.